The van der Waals surface area contributed by atoms with Gasteiger partial charge in [0.2, 0.25) is 0 Å². The summed E-state index contributed by atoms with van der Waals surface area (Å²) >= 11 is 1.91. The average molecular weight is 239 g/mol. The van der Waals surface area contributed by atoms with E-state index >= 15 is 0 Å². The second-order valence-electron chi connectivity index (χ2n) is 3.85. The molecule has 0 aliphatic heterocycles. The third kappa shape index (κ3) is 5.54. The second-order valence-corrected chi connectivity index (χ2v) is 4.84. The van der Waals surface area contributed by atoms with Gasteiger partial charge in [-0.05, 0) is 42.5 Å². The van der Waals surface area contributed by atoms with Crippen molar-refractivity contribution in [2.75, 3.05) is 18.6 Å². The average Bonchev–Trinajstić information content (AvgIpc) is 2.34. The molecular formula is C13H21NOS. The van der Waals surface area contributed by atoms with Crippen molar-refractivity contribution < 1.29 is 5.11 Å². The van der Waals surface area contributed by atoms with Gasteiger partial charge in [0.1, 0.15) is 0 Å². The molecule has 2 N–H and O–H groups in total. The van der Waals surface area contributed by atoms with E-state index in [-0.39, 0.29) is 6.61 Å². The fourth-order valence-electron chi connectivity index (χ4n) is 1.49. The predicted molar refractivity (Wildman–Crippen MR) is 71.7 cm³/mol. The van der Waals surface area contributed by atoms with Gasteiger partial charge >= 0.3 is 0 Å². The minimum Gasteiger partial charge on any atom is -0.392 e. The molecule has 3 heteroatoms. The smallest absolute Gasteiger partial charge is 0.0681 e. The first-order valence-electron chi connectivity index (χ1n) is 5.75. The van der Waals surface area contributed by atoms with E-state index in [0.29, 0.717) is 0 Å². The largest absolute Gasteiger partial charge is 0.392 e. The molecule has 0 radical (unpaired) electrons. The van der Waals surface area contributed by atoms with Crippen LogP contribution < -0.4 is 5.32 Å². The summed E-state index contributed by atoms with van der Waals surface area (Å²) in [5.74, 6) is 1.26. The van der Waals surface area contributed by atoms with Crippen molar-refractivity contribution in [1.29, 1.82) is 0 Å². The summed E-state index contributed by atoms with van der Waals surface area (Å²) in [5, 5.41) is 12.3. The Labute approximate surface area is 102 Å². The van der Waals surface area contributed by atoms with Gasteiger partial charge in [0.15, 0.2) is 0 Å². The molecule has 0 atom stereocenters. The normalized spacial score (nSPS) is 10.6. The SMILES string of the molecule is CSCCCCNCc1ccc(CO)cc1. The first kappa shape index (κ1) is 13.6. The van der Waals surface area contributed by atoms with Crippen molar-refractivity contribution >= 4 is 11.8 Å². The van der Waals surface area contributed by atoms with E-state index in [1.54, 1.807) is 0 Å². The van der Waals surface area contributed by atoms with Crippen LogP contribution in [0.4, 0.5) is 0 Å². The van der Waals surface area contributed by atoms with Crippen molar-refractivity contribution in [3.63, 3.8) is 0 Å². The van der Waals surface area contributed by atoms with Gasteiger partial charge in [0.05, 0.1) is 6.61 Å². The van der Waals surface area contributed by atoms with Crippen molar-refractivity contribution in [1.82, 2.24) is 5.32 Å². The molecule has 0 aliphatic carbocycles. The molecule has 16 heavy (non-hydrogen) atoms. The Morgan fingerprint density at radius 3 is 2.44 bits per heavy atom. The molecule has 0 saturated carbocycles. The highest BCUT2D eigenvalue weighted by Crippen LogP contribution is 2.04. The van der Waals surface area contributed by atoms with Gasteiger partial charge in [-0.2, -0.15) is 11.8 Å². The summed E-state index contributed by atoms with van der Waals surface area (Å²) in [4.78, 5) is 0. The first-order valence-corrected chi connectivity index (χ1v) is 7.14. The van der Waals surface area contributed by atoms with Crippen LogP contribution in [0.1, 0.15) is 24.0 Å². The van der Waals surface area contributed by atoms with Crippen molar-refractivity contribution in [2.45, 2.75) is 26.0 Å². The molecule has 1 aromatic carbocycles. The summed E-state index contributed by atoms with van der Waals surface area (Å²) in [6.07, 6.45) is 4.68. The molecule has 0 fully saturated rings. The van der Waals surface area contributed by atoms with Crippen LogP contribution in [0.15, 0.2) is 24.3 Å². The standard InChI is InChI=1S/C13H21NOS/c1-16-9-3-2-8-14-10-12-4-6-13(11-15)7-5-12/h4-7,14-15H,2-3,8-11H2,1H3. The summed E-state index contributed by atoms with van der Waals surface area (Å²) in [6, 6.07) is 8.09. The van der Waals surface area contributed by atoms with Crippen molar-refractivity contribution in [3.05, 3.63) is 35.4 Å². The number of rotatable bonds is 8. The zero-order valence-electron chi connectivity index (χ0n) is 9.91. The van der Waals surface area contributed by atoms with Gasteiger partial charge in [0, 0.05) is 6.54 Å². The highest BCUT2D eigenvalue weighted by atomic mass is 32.2. The maximum atomic E-state index is 8.91. The van der Waals surface area contributed by atoms with Crippen LogP contribution in [0.3, 0.4) is 0 Å². The zero-order valence-corrected chi connectivity index (χ0v) is 10.7. The highest BCUT2D eigenvalue weighted by Gasteiger charge is 1.94. The molecule has 0 spiro atoms. The summed E-state index contributed by atoms with van der Waals surface area (Å²) in [7, 11) is 0. The molecule has 90 valence electrons. The monoisotopic (exact) mass is 239 g/mol. The molecule has 1 aromatic rings. The molecule has 2 nitrogen and oxygen atoms in total. The molecular weight excluding hydrogens is 218 g/mol. The van der Waals surface area contributed by atoms with Crippen LogP contribution in [-0.4, -0.2) is 23.7 Å². The van der Waals surface area contributed by atoms with E-state index < -0.39 is 0 Å². The van der Waals surface area contributed by atoms with Gasteiger partial charge in [0.25, 0.3) is 0 Å². The van der Waals surface area contributed by atoms with E-state index in [0.717, 1.165) is 18.7 Å². The number of benzene rings is 1. The maximum absolute atomic E-state index is 8.91. The van der Waals surface area contributed by atoms with Crippen LogP contribution in [0.2, 0.25) is 0 Å². The lowest BCUT2D eigenvalue weighted by atomic mass is 10.1. The lowest BCUT2D eigenvalue weighted by molar-refractivity contribution is 0.282. The Morgan fingerprint density at radius 1 is 1.12 bits per heavy atom. The number of aliphatic hydroxyl groups excluding tert-OH is 1. The number of hydrogen-bond acceptors (Lipinski definition) is 3. The number of aliphatic hydroxyl groups is 1. The third-order valence-electron chi connectivity index (χ3n) is 2.49. The van der Waals surface area contributed by atoms with Crippen LogP contribution >= 0.6 is 11.8 Å². The zero-order chi connectivity index (χ0) is 11.6. The summed E-state index contributed by atoms with van der Waals surface area (Å²) in [6.45, 7) is 2.13. The van der Waals surface area contributed by atoms with E-state index in [1.807, 2.05) is 23.9 Å². The van der Waals surface area contributed by atoms with Gasteiger partial charge in [-0.25, -0.2) is 0 Å². The molecule has 0 heterocycles. The topological polar surface area (TPSA) is 32.3 Å². The molecule has 0 aromatic heterocycles. The number of thioether (sulfide) groups is 1. The molecule has 0 bridgehead atoms. The van der Waals surface area contributed by atoms with Crippen molar-refractivity contribution in [2.24, 2.45) is 0 Å². The predicted octanol–water partition coefficient (Wildman–Crippen LogP) is 2.41. The Balaban J connectivity index is 2.12. The van der Waals surface area contributed by atoms with E-state index in [9.17, 15) is 0 Å². The second kappa shape index (κ2) is 8.62. The Morgan fingerprint density at radius 2 is 1.81 bits per heavy atom. The van der Waals surface area contributed by atoms with Gasteiger partial charge < -0.3 is 10.4 Å². The molecule has 0 amide bonds. The minimum atomic E-state index is 0.127. The summed E-state index contributed by atoms with van der Waals surface area (Å²) < 4.78 is 0. The van der Waals surface area contributed by atoms with Crippen LogP contribution in [0.5, 0.6) is 0 Å². The lowest BCUT2D eigenvalue weighted by Gasteiger charge is -2.05. The fraction of sp³-hybridized carbons (Fsp3) is 0.538. The van der Waals surface area contributed by atoms with Crippen LogP contribution in [0, 0.1) is 0 Å². The van der Waals surface area contributed by atoms with E-state index in [2.05, 4.69) is 23.7 Å². The van der Waals surface area contributed by atoms with E-state index in [4.69, 9.17) is 5.11 Å². The van der Waals surface area contributed by atoms with Gasteiger partial charge in [-0.15, -0.1) is 0 Å². The van der Waals surface area contributed by atoms with Gasteiger partial charge in [-0.1, -0.05) is 24.3 Å². The fourth-order valence-corrected chi connectivity index (χ4v) is 1.98. The highest BCUT2D eigenvalue weighted by molar-refractivity contribution is 7.98. The Kier molecular flexibility index (Phi) is 7.30. The molecule has 0 saturated heterocycles. The summed E-state index contributed by atoms with van der Waals surface area (Å²) in [5.41, 5.74) is 2.26. The van der Waals surface area contributed by atoms with Crippen molar-refractivity contribution in [3.8, 4) is 0 Å². The van der Waals surface area contributed by atoms with E-state index in [1.165, 1.54) is 24.2 Å². The minimum absolute atomic E-state index is 0.127. The van der Waals surface area contributed by atoms with Crippen LogP contribution in [0.25, 0.3) is 0 Å². The Hall–Kier alpha value is -0.510. The van der Waals surface area contributed by atoms with Crippen LogP contribution in [-0.2, 0) is 13.2 Å². The van der Waals surface area contributed by atoms with Gasteiger partial charge in [-0.3, -0.25) is 0 Å². The number of hydrogen-bond donors (Lipinski definition) is 2. The number of nitrogens with one attached hydrogen (secondary N) is 1. The molecule has 0 aliphatic rings. The molecule has 1 rings (SSSR count). The quantitative estimate of drug-likeness (QED) is 0.683. The Bertz CT molecular complexity index is 274. The number of unbranched alkanes of at least 4 members (excludes halogenated alkanes) is 1. The maximum Gasteiger partial charge on any atom is 0.0681 e. The third-order valence-corrected chi connectivity index (χ3v) is 3.18. The first-order chi connectivity index (χ1) is 7.86. The molecule has 0 unspecified atom stereocenters. The lowest BCUT2D eigenvalue weighted by Crippen LogP contribution is -2.14.